The van der Waals surface area contributed by atoms with E-state index in [0.717, 1.165) is 69.7 Å². The molecule has 0 saturated carbocycles. The van der Waals surface area contributed by atoms with Crippen LogP contribution in [0.15, 0.2) is 57.5 Å². The van der Waals surface area contributed by atoms with E-state index in [4.69, 9.17) is 76.5 Å². The van der Waals surface area contributed by atoms with Gasteiger partial charge >= 0.3 is 0 Å². The van der Waals surface area contributed by atoms with Gasteiger partial charge in [0, 0.05) is 73.6 Å². The summed E-state index contributed by atoms with van der Waals surface area (Å²) in [5, 5.41) is 17.7. The Kier molecular flexibility index (Phi) is 50.5. The smallest absolute Gasteiger partial charge is 0.0701 e. The minimum absolute atomic E-state index is 0.00725. The number of aryl methyl sites for hydroxylation is 2. The molecule has 0 radical (unpaired) electrons. The quantitative estimate of drug-likeness (QED) is 0.0311. The molecule has 444 valence electrons. The van der Waals surface area contributed by atoms with Crippen LogP contribution in [0.25, 0.3) is 24.3 Å². The van der Waals surface area contributed by atoms with E-state index in [1.165, 1.54) is 22.3 Å². The molecule has 0 fully saturated rings. The van der Waals surface area contributed by atoms with E-state index in [-0.39, 0.29) is 13.2 Å². The lowest BCUT2D eigenvalue weighted by atomic mass is 9.97. The standard InChI is InChI=1S/C58H88Br2O16.I2/c1-63-25-27-71-41-43-75-37-31-67-21-15-50-8-10-51(53(46-50)6-4-20-66-30-36-74-40-34-70-24-18-62)11-13-55-47-58(60)56(48-57(55)59)14-12-52-9-7-49(5-3-19-65-29-35-73-39-33-69-23-17-61)45-54(52)16-22-68-32-38-76-44-42-72-28-26-64-2;1-2/h7-14,45-48,61-62H,3-6,15-44H2,1-2H3;/b13-11+,14-12+;. The number of aliphatic hydroxyl groups excluding tert-OH is 2. The number of aliphatic hydroxyl groups is 2. The van der Waals surface area contributed by atoms with Crippen molar-refractivity contribution in [3.05, 3.63) is 102 Å². The second kappa shape index (κ2) is 53.9. The van der Waals surface area contributed by atoms with Crippen molar-refractivity contribution >= 4 is 93.4 Å². The van der Waals surface area contributed by atoms with Crippen molar-refractivity contribution in [2.75, 3.05) is 199 Å². The Morgan fingerprint density at radius 2 is 0.628 bits per heavy atom. The first-order chi connectivity index (χ1) is 38.5. The zero-order valence-electron chi connectivity index (χ0n) is 46.1. The maximum absolute atomic E-state index is 8.86. The highest BCUT2D eigenvalue weighted by Gasteiger charge is 2.09. The summed E-state index contributed by atoms with van der Waals surface area (Å²) in [5.41, 5.74) is 9.29. The lowest BCUT2D eigenvalue weighted by molar-refractivity contribution is 0.00406. The van der Waals surface area contributed by atoms with Gasteiger partial charge in [0.1, 0.15) is 0 Å². The van der Waals surface area contributed by atoms with Crippen LogP contribution in [0, 0.1) is 0 Å². The Morgan fingerprint density at radius 1 is 0.333 bits per heavy atom. The maximum Gasteiger partial charge on any atom is 0.0701 e. The molecule has 0 aromatic heterocycles. The monoisotopic (exact) mass is 1450 g/mol. The molecule has 0 aliphatic heterocycles. The van der Waals surface area contributed by atoms with Gasteiger partial charge in [-0.25, -0.2) is 0 Å². The van der Waals surface area contributed by atoms with Crippen LogP contribution in [-0.4, -0.2) is 209 Å². The zero-order valence-corrected chi connectivity index (χ0v) is 53.6. The molecule has 0 aliphatic carbocycles. The molecule has 0 atom stereocenters. The van der Waals surface area contributed by atoms with E-state index in [0.29, 0.717) is 172 Å². The summed E-state index contributed by atoms with van der Waals surface area (Å²) in [7, 11) is 3.31. The van der Waals surface area contributed by atoms with Gasteiger partial charge in [0.25, 0.3) is 0 Å². The van der Waals surface area contributed by atoms with Gasteiger partial charge in [-0.05, 0) is 95.2 Å². The number of halogens is 4. The van der Waals surface area contributed by atoms with Crippen molar-refractivity contribution in [2.24, 2.45) is 0 Å². The lowest BCUT2D eigenvalue weighted by Crippen LogP contribution is -2.12. The zero-order chi connectivity index (χ0) is 56.2. The molecular weight excluding hydrogens is 1370 g/mol. The molecule has 0 heterocycles. The normalized spacial score (nSPS) is 11.6. The van der Waals surface area contributed by atoms with Crippen molar-refractivity contribution in [1.82, 2.24) is 0 Å². The first kappa shape index (κ1) is 73.0. The molecule has 3 aromatic carbocycles. The van der Waals surface area contributed by atoms with E-state index in [1.54, 1.807) is 14.2 Å². The molecule has 0 bridgehead atoms. The van der Waals surface area contributed by atoms with E-state index < -0.39 is 0 Å². The van der Waals surface area contributed by atoms with Gasteiger partial charge in [-0.2, -0.15) is 0 Å². The van der Waals surface area contributed by atoms with Gasteiger partial charge in [0.15, 0.2) is 0 Å². The second-order valence-corrected chi connectivity index (χ2v) is 18.8. The van der Waals surface area contributed by atoms with E-state index in [1.807, 2.05) is 0 Å². The van der Waals surface area contributed by atoms with E-state index >= 15 is 0 Å². The average molecular weight is 1450 g/mol. The summed E-state index contributed by atoms with van der Waals surface area (Å²) in [4.78, 5) is 0. The summed E-state index contributed by atoms with van der Waals surface area (Å²) >= 11 is 12.0. The predicted octanol–water partition coefficient (Wildman–Crippen LogP) is 9.75. The molecule has 0 unspecified atom stereocenters. The van der Waals surface area contributed by atoms with Crippen molar-refractivity contribution < 1.29 is 76.5 Å². The third-order valence-corrected chi connectivity index (χ3v) is 12.6. The van der Waals surface area contributed by atoms with Gasteiger partial charge in [0.05, 0.1) is 172 Å². The average Bonchev–Trinajstić information content (AvgIpc) is 3.46. The molecule has 16 nitrogen and oxygen atoms in total. The maximum atomic E-state index is 8.86. The Bertz CT molecular complexity index is 1800. The van der Waals surface area contributed by atoms with Crippen LogP contribution in [0.2, 0.25) is 0 Å². The van der Waals surface area contributed by atoms with Crippen molar-refractivity contribution in [3.8, 4) is 0 Å². The Balaban J connectivity index is 0.0000103. The van der Waals surface area contributed by atoms with Crippen molar-refractivity contribution in [3.63, 3.8) is 0 Å². The molecule has 0 aliphatic rings. The molecule has 0 amide bonds. The molecular formula is C58H88Br2I2O16. The molecule has 0 spiro atoms. The molecule has 3 aromatic rings. The van der Waals surface area contributed by atoms with Crippen LogP contribution < -0.4 is 0 Å². The Labute approximate surface area is 505 Å². The topological polar surface area (TPSA) is 170 Å². The fourth-order valence-electron chi connectivity index (χ4n) is 7.28. The van der Waals surface area contributed by atoms with Crippen LogP contribution in [0.5, 0.6) is 0 Å². The number of methoxy groups -OCH3 is 2. The molecule has 2 N–H and O–H groups in total. The predicted molar refractivity (Wildman–Crippen MR) is 332 cm³/mol. The van der Waals surface area contributed by atoms with E-state index in [9.17, 15) is 0 Å². The van der Waals surface area contributed by atoms with Gasteiger partial charge < -0.3 is 76.5 Å². The van der Waals surface area contributed by atoms with Gasteiger partial charge in [0.2, 0.25) is 0 Å². The number of benzene rings is 3. The minimum Gasteiger partial charge on any atom is -0.394 e. The first-order valence-electron chi connectivity index (χ1n) is 26.8. The number of hydrogen-bond donors (Lipinski definition) is 2. The van der Waals surface area contributed by atoms with Crippen LogP contribution in [0.4, 0.5) is 0 Å². The summed E-state index contributed by atoms with van der Waals surface area (Å²) in [5.74, 6) is 0. The molecule has 0 saturated heterocycles. The first-order valence-corrected chi connectivity index (χ1v) is 34.7. The van der Waals surface area contributed by atoms with Gasteiger partial charge in [-0.15, -0.1) is 0 Å². The van der Waals surface area contributed by atoms with Crippen LogP contribution in [0.1, 0.15) is 57.3 Å². The highest BCUT2D eigenvalue weighted by molar-refractivity contribution is 15.0. The summed E-state index contributed by atoms with van der Waals surface area (Å²) < 4.78 is 79.4. The number of ether oxygens (including phenoxy) is 14. The molecule has 78 heavy (non-hydrogen) atoms. The van der Waals surface area contributed by atoms with Crippen molar-refractivity contribution in [1.29, 1.82) is 0 Å². The van der Waals surface area contributed by atoms with E-state index in [2.05, 4.69) is 142 Å². The molecule has 3 rings (SSSR count). The fourth-order valence-corrected chi connectivity index (χ4v) is 8.26. The SMILES string of the molecule is COCCOCCOCCOCCc1ccc(/C=C/c2cc(Br)c(/C=C/c3ccc(CCCOCCOCCOCCO)cc3CCOCCOCCOCCOC)cc2Br)c(CCCOCCOCCOCCO)c1.II. The molecule has 20 heteroatoms. The Hall–Kier alpha value is -1.08. The fraction of sp³-hybridized carbons (Fsp3) is 0.621. The minimum atomic E-state index is 0.00725. The van der Waals surface area contributed by atoms with Crippen LogP contribution >= 0.6 is 69.1 Å². The third kappa shape index (κ3) is 38.6. The summed E-state index contributed by atoms with van der Waals surface area (Å²) in [6.45, 7) is 13.4. The highest BCUT2D eigenvalue weighted by atomic mass is 128. The number of rotatable bonds is 52. The highest BCUT2D eigenvalue weighted by Crippen LogP contribution is 2.30. The second-order valence-electron chi connectivity index (χ2n) is 17.1. The third-order valence-electron chi connectivity index (χ3n) is 11.3. The van der Waals surface area contributed by atoms with Gasteiger partial charge in [-0.1, -0.05) is 92.6 Å². The van der Waals surface area contributed by atoms with Crippen LogP contribution in [-0.2, 0) is 92.0 Å². The largest absolute Gasteiger partial charge is 0.394 e. The van der Waals surface area contributed by atoms with Crippen LogP contribution in [0.3, 0.4) is 0 Å². The summed E-state index contributed by atoms with van der Waals surface area (Å²) in [6, 6.07) is 17.6. The van der Waals surface area contributed by atoms with Gasteiger partial charge in [-0.3, -0.25) is 0 Å². The number of hydrogen-bond acceptors (Lipinski definition) is 16. The van der Waals surface area contributed by atoms with Crippen molar-refractivity contribution in [2.45, 2.75) is 38.5 Å². The Morgan fingerprint density at radius 3 is 1.01 bits per heavy atom. The summed E-state index contributed by atoms with van der Waals surface area (Å²) in [6.07, 6.45) is 13.7. The lowest BCUT2D eigenvalue weighted by Gasteiger charge is -2.12.